The van der Waals surface area contributed by atoms with E-state index < -0.39 is 5.97 Å². The number of carboxylic acid groups (broad SMARTS) is 1. The van der Waals surface area contributed by atoms with Crippen LogP contribution in [0.5, 0.6) is 0 Å². The molecule has 0 bridgehead atoms. The number of hydrogen-bond donors (Lipinski definition) is 0. The van der Waals surface area contributed by atoms with Crippen LogP contribution in [0.3, 0.4) is 0 Å². The van der Waals surface area contributed by atoms with E-state index in [0.29, 0.717) is 17.8 Å². The summed E-state index contributed by atoms with van der Waals surface area (Å²) in [5.41, 5.74) is 0.639. The smallest absolute Gasteiger partial charge is 0.129 e. The van der Waals surface area contributed by atoms with E-state index in [0.717, 1.165) is 6.08 Å². The molecule has 64 valence electrons. The van der Waals surface area contributed by atoms with Gasteiger partial charge in [-0.3, -0.25) is 0 Å². The molecule has 0 aliphatic heterocycles. The van der Waals surface area contributed by atoms with E-state index in [2.05, 4.69) is 0 Å². The average molecular weight is 165 g/mol. The summed E-state index contributed by atoms with van der Waals surface area (Å²) >= 11 is 0. The molecule has 3 heteroatoms. The Kier molecular flexibility index (Phi) is 2.69. The third kappa shape index (κ3) is 1.99. The van der Waals surface area contributed by atoms with Crippen molar-refractivity contribution in [2.75, 3.05) is 0 Å². The molecule has 12 heavy (non-hydrogen) atoms. The molecule has 0 unspecified atom stereocenters. The number of rotatable bonds is 3. The lowest BCUT2D eigenvalue weighted by atomic mass is 10.1. The zero-order valence-electron chi connectivity index (χ0n) is 6.74. The van der Waals surface area contributed by atoms with E-state index >= 15 is 0 Å². The van der Waals surface area contributed by atoms with Crippen molar-refractivity contribution in [2.45, 2.75) is 13.3 Å². The molecule has 0 amide bonds. The average Bonchev–Trinajstić information content (AvgIpc) is 2.51. The van der Waals surface area contributed by atoms with E-state index in [-0.39, 0.29) is 0 Å². The van der Waals surface area contributed by atoms with Crippen LogP contribution in [-0.4, -0.2) is 5.97 Å². The molecule has 0 saturated heterocycles. The minimum absolute atomic E-state index is 0.585. The standard InChI is InChI=1S/C9H10O3/c1-2-7(6-9(10)11)8-4-3-5-12-8/h3-6H,2H2,1H3,(H,10,11)/p-1. The second-order valence-electron chi connectivity index (χ2n) is 2.32. The van der Waals surface area contributed by atoms with Gasteiger partial charge >= 0.3 is 0 Å². The van der Waals surface area contributed by atoms with Gasteiger partial charge in [-0.15, -0.1) is 0 Å². The fraction of sp³-hybridized carbons (Fsp3) is 0.222. The SMILES string of the molecule is CCC(=CC(=O)[O-])c1ccco1. The summed E-state index contributed by atoms with van der Waals surface area (Å²) in [6, 6.07) is 3.44. The van der Waals surface area contributed by atoms with Gasteiger partial charge in [0, 0.05) is 0 Å². The van der Waals surface area contributed by atoms with Gasteiger partial charge in [-0.1, -0.05) is 6.92 Å². The van der Waals surface area contributed by atoms with Crippen molar-refractivity contribution in [1.29, 1.82) is 0 Å². The van der Waals surface area contributed by atoms with Crippen molar-refractivity contribution < 1.29 is 14.3 Å². The molecule has 0 atom stereocenters. The maximum Gasteiger partial charge on any atom is 0.129 e. The molecule has 0 spiro atoms. The fourth-order valence-electron chi connectivity index (χ4n) is 0.951. The Morgan fingerprint density at radius 3 is 2.92 bits per heavy atom. The van der Waals surface area contributed by atoms with Gasteiger partial charge in [0.2, 0.25) is 0 Å². The number of carboxylic acids is 1. The third-order valence-electron chi connectivity index (χ3n) is 1.51. The van der Waals surface area contributed by atoms with Crippen LogP contribution in [0.2, 0.25) is 0 Å². The first-order valence-corrected chi connectivity index (χ1v) is 3.69. The van der Waals surface area contributed by atoms with Crippen molar-refractivity contribution in [3.63, 3.8) is 0 Å². The van der Waals surface area contributed by atoms with Crippen molar-refractivity contribution in [3.05, 3.63) is 30.2 Å². The normalized spacial score (nSPS) is 11.6. The molecule has 0 aliphatic carbocycles. The van der Waals surface area contributed by atoms with Crippen LogP contribution in [0.1, 0.15) is 19.1 Å². The lowest BCUT2D eigenvalue weighted by Gasteiger charge is -2.00. The van der Waals surface area contributed by atoms with Crippen LogP contribution in [-0.2, 0) is 4.79 Å². The first kappa shape index (κ1) is 8.59. The second kappa shape index (κ2) is 3.76. The van der Waals surface area contributed by atoms with E-state index in [9.17, 15) is 9.90 Å². The number of carbonyl (C=O) groups is 1. The van der Waals surface area contributed by atoms with Gasteiger partial charge in [0.05, 0.1) is 12.2 Å². The van der Waals surface area contributed by atoms with Crippen LogP contribution >= 0.6 is 0 Å². The first-order valence-electron chi connectivity index (χ1n) is 3.69. The zero-order chi connectivity index (χ0) is 8.97. The van der Waals surface area contributed by atoms with Gasteiger partial charge in [-0.05, 0) is 30.2 Å². The highest BCUT2D eigenvalue weighted by atomic mass is 16.4. The molecule has 0 aromatic carbocycles. The predicted molar refractivity (Wildman–Crippen MR) is 42.0 cm³/mol. The summed E-state index contributed by atoms with van der Waals surface area (Å²) in [6.45, 7) is 1.86. The van der Waals surface area contributed by atoms with Gasteiger partial charge in [0.15, 0.2) is 0 Å². The minimum Gasteiger partial charge on any atom is -0.545 e. The summed E-state index contributed by atoms with van der Waals surface area (Å²) in [5.74, 6) is -0.607. The molecular formula is C9H9O3-. The van der Waals surface area contributed by atoms with E-state index in [1.54, 1.807) is 12.1 Å². The van der Waals surface area contributed by atoms with Crippen molar-refractivity contribution >= 4 is 11.5 Å². The first-order chi connectivity index (χ1) is 5.74. The van der Waals surface area contributed by atoms with Crippen LogP contribution in [0.25, 0.3) is 5.57 Å². The Morgan fingerprint density at radius 2 is 2.50 bits per heavy atom. The minimum atomic E-state index is -1.19. The van der Waals surface area contributed by atoms with Crippen LogP contribution in [0.4, 0.5) is 0 Å². The maximum atomic E-state index is 10.2. The number of allylic oxidation sites excluding steroid dienone is 1. The highest BCUT2D eigenvalue weighted by molar-refractivity contribution is 5.87. The van der Waals surface area contributed by atoms with Gasteiger partial charge < -0.3 is 14.3 Å². The molecule has 0 saturated carbocycles. The van der Waals surface area contributed by atoms with Gasteiger partial charge in [-0.25, -0.2) is 0 Å². The largest absolute Gasteiger partial charge is 0.545 e. The third-order valence-corrected chi connectivity index (χ3v) is 1.51. The molecule has 1 rings (SSSR count). The van der Waals surface area contributed by atoms with Crippen molar-refractivity contribution in [2.24, 2.45) is 0 Å². The molecule has 1 aromatic heterocycles. The Balaban J connectivity index is 2.91. The molecule has 1 aromatic rings. The molecule has 0 N–H and O–H groups in total. The van der Waals surface area contributed by atoms with Gasteiger partial charge in [0.25, 0.3) is 0 Å². The summed E-state index contributed by atoms with van der Waals surface area (Å²) in [5, 5.41) is 10.2. The molecule has 0 radical (unpaired) electrons. The summed E-state index contributed by atoms with van der Waals surface area (Å²) < 4.78 is 5.03. The second-order valence-corrected chi connectivity index (χ2v) is 2.32. The highest BCUT2D eigenvalue weighted by Gasteiger charge is 2.00. The number of aliphatic carboxylic acids is 1. The quantitative estimate of drug-likeness (QED) is 0.623. The van der Waals surface area contributed by atoms with Crippen LogP contribution < -0.4 is 5.11 Å². The lowest BCUT2D eigenvalue weighted by Crippen LogP contribution is -2.19. The van der Waals surface area contributed by atoms with E-state index in [1.165, 1.54) is 6.26 Å². The van der Waals surface area contributed by atoms with E-state index in [1.807, 2.05) is 6.92 Å². The lowest BCUT2D eigenvalue weighted by molar-refractivity contribution is -0.297. The topological polar surface area (TPSA) is 53.3 Å². The predicted octanol–water partition coefficient (Wildman–Crippen LogP) is 0.823. The number of hydrogen-bond acceptors (Lipinski definition) is 3. The van der Waals surface area contributed by atoms with Gasteiger partial charge in [0.1, 0.15) is 5.76 Å². The fourth-order valence-corrected chi connectivity index (χ4v) is 0.951. The van der Waals surface area contributed by atoms with Crippen LogP contribution in [0.15, 0.2) is 28.9 Å². The zero-order valence-corrected chi connectivity index (χ0v) is 6.74. The summed E-state index contributed by atoms with van der Waals surface area (Å²) in [7, 11) is 0. The van der Waals surface area contributed by atoms with Crippen molar-refractivity contribution in [1.82, 2.24) is 0 Å². The number of furan rings is 1. The molecule has 0 aliphatic rings. The van der Waals surface area contributed by atoms with E-state index in [4.69, 9.17) is 4.42 Å². The molecular weight excluding hydrogens is 156 g/mol. The molecule has 3 nitrogen and oxygen atoms in total. The molecule has 1 heterocycles. The monoisotopic (exact) mass is 165 g/mol. The Morgan fingerprint density at radius 1 is 1.75 bits per heavy atom. The summed E-state index contributed by atoms with van der Waals surface area (Å²) in [4.78, 5) is 10.2. The Bertz CT molecular complexity index is 283. The van der Waals surface area contributed by atoms with Crippen LogP contribution in [0, 0.1) is 0 Å². The molecule has 0 fully saturated rings. The number of carbonyl (C=O) groups excluding carboxylic acids is 1. The maximum absolute atomic E-state index is 10.2. The van der Waals surface area contributed by atoms with Gasteiger partial charge in [-0.2, -0.15) is 0 Å². The summed E-state index contributed by atoms with van der Waals surface area (Å²) in [6.07, 6.45) is 3.18. The Labute approximate surface area is 70.3 Å². The highest BCUT2D eigenvalue weighted by Crippen LogP contribution is 2.17. The van der Waals surface area contributed by atoms with Crippen molar-refractivity contribution in [3.8, 4) is 0 Å². The Hall–Kier alpha value is -1.51.